The van der Waals surface area contributed by atoms with Gasteiger partial charge in [0.1, 0.15) is 0 Å². The second-order valence-corrected chi connectivity index (χ2v) is 18.0. The molecule has 3 aromatic heterocycles. The summed E-state index contributed by atoms with van der Waals surface area (Å²) in [4.78, 5) is 15.0. The minimum Gasteiger partial charge on any atom is -0.309 e. The van der Waals surface area contributed by atoms with Gasteiger partial charge >= 0.3 is 0 Å². The van der Waals surface area contributed by atoms with E-state index in [-0.39, 0.29) is 5.41 Å². The van der Waals surface area contributed by atoms with Gasteiger partial charge in [-0.05, 0) is 81.9 Å². The van der Waals surface area contributed by atoms with Crippen LogP contribution in [0.5, 0.6) is 0 Å². The molecule has 0 saturated carbocycles. The number of hydrogen-bond acceptors (Lipinski definition) is 3. The van der Waals surface area contributed by atoms with Gasteiger partial charge in [0.15, 0.2) is 17.5 Å². The van der Waals surface area contributed by atoms with Gasteiger partial charge in [0, 0.05) is 55.2 Å². The Morgan fingerprint density at radius 2 is 0.851 bits per heavy atom. The summed E-state index contributed by atoms with van der Waals surface area (Å²) in [6.07, 6.45) is 0. The summed E-state index contributed by atoms with van der Waals surface area (Å²) in [6.45, 7) is 4.80. The summed E-state index contributed by atoms with van der Waals surface area (Å²) in [7, 11) is 0. The number of fused-ring (bicyclic) bond motifs is 9. The first-order valence-corrected chi connectivity index (χ1v) is 22.9. The highest BCUT2D eigenvalue weighted by Crippen LogP contribution is 2.55. The molecule has 0 bridgehead atoms. The Kier molecular flexibility index (Phi) is 8.80. The van der Waals surface area contributed by atoms with Gasteiger partial charge in [-0.15, -0.1) is 0 Å². The molecule has 0 unspecified atom stereocenters. The zero-order chi connectivity index (χ0) is 44.6. The molecule has 1 aliphatic rings. The van der Waals surface area contributed by atoms with Gasteiger partial charge < -0.3 is 9.13 Å². The van der Waals surface area contributed by atoms with Crippen LogP contribution in [0.1, 0.15) is 25.0 Å². The van der Waals surface area contributed by atoms with Crippen LogP contribution in [0.2, 0.25) is 0 Å². The van der Waals surface area contributed by atoms with Crippen LogP contribution < -0.4 is 0 Å². The van der Waals surface area contributed by atoms with Crippen molar-refractivity contribution < 1.29 is 0 Å². The summed E-state index contributed by atoms with van der Waals surface area (Å²) < 4.78 is 5.01. The molecule has 5 heteroatoms. The third-order valence-corrected chi connectivity index (χ3v) is 13.7. The number of benzene rings is 9. The lowest BCUT2D eigenvalue weighted by atomic mass is 9.81. The van der Waals surface area contributed by atoms with E-state index in [2.05, 4.69) is 187 Å². The van der Waals surface area contributed by atoms with Crippen molar-refractivity contribution in [2.45, 2.75) is 19.3 Å². The molecule has 0 radical (unpaired) electrons. The average Bonchev–Trinajstić information content (AvgIpc) is 4.01. The molecule has 0 atom stereocenters. The average molecular weight is 858 g/mol. The second kappa shape index (κ2) is 15.2. The van der Waals surface area contributed by atoms with Crippen molar-refractivity contribution in [1.82, 2.24) is 24.1 Å². The Morgan fingerprint density at radius 3 is 1.52 bits per heavy atom. The summed E-state index contributed by atoms with van der Waals surface area (Å²) in [5.41, 5.74) is 18.3. The molecule has 0 N–H and O–H groups in total. The predicted molar refractivity (Wildman–Crippen MR) is 276 cm³/mol. The van der Waals surface area contributed by atoms with E-state index in [0.29, 0.717) is 17.5 Å². The van der Waals surface area contributed by atoms with Crippen LogP contribution in [0.25, 0.3) is 112 Å². The van der Waals surface area contributed by atoms with Gasteiger partial charge in [0.25, 0.3) is 0 Å². The minimum absolute atomic E-state index is 0.244. The molecule has 67 heavy (non-hydrogen) atoms. The summed E-state index contributed by atoms with van der Waals surface area (Å²) >= 11 is 0. The van der Waals surface area contributed by atoms with E-state index < -0.39 is 0 Å². The van der Waals surface area contributed by atoms with Crippen molar-refractivity contribution in [2.75, 3.05) is 0 Å². The van der Waals surface area contributed by atoms with Gasteiger partial charge in [-0.25, -0.2) is 15.0 Å². The Bertz CT molecular complexity index is 3790. The van der Waals surface area contributed by atoms with Crippen molar-refractivity contribution >= 4 is 32.7 Å². The quantitative estimate of drug-likeness (QED) is 0.160. The fourth-order valence-electron chi connectivity index (χ4n) is 10.6. The molecule has 5 nitrogen and oxygen atoms in total. The van der Waals surface area contributed by atoms with Gasteiger partial charge in [-0.3, -0.25) is 0 Å². The van der Waals surface area contributed by atoms with Crippen LogP contribution in [0.15, 0.2) is 224 Å². The summed E-state index contributed by atoms with van der Waals surface area (Å²) in [6, 6.07) is 80.1. The number of rotatable bonds is 7. The molecule has 0 aliphatic heterocycles. The first-order valence-electron chi connectivity index (χ1n) is 22.9. The number of nitrogens with zero attached hydrogens (tertiary/aromatic N) is 5. The topological polar surface area (TPSA) is 48.5 Å². The standard InChI is InChI=1S/C62H43N5/c1-62(2)52-29-16-15-28-50(52)58-56(62)55-54(67(58)47-26-13-6-14-27-47)37-35-49-51-39-45(40-18-7-3-8-19-40)32-36-53(51)66(57(49)55)48-33-30-41(31-34-48)44-24-17-25-46(38-44)61-64-59(42-20-9-4-10-21-42)63-60(65-61)43-22-11-5-12-23-43/h3-39H,1-2H3. The molecule has 0 saturated heterocycles. The molecule has 316 valence electrons. The summed E-state index contributed by atoms with van der Waals surface area (Å²) in [5.74, 6) is 1.93. The van der Waals surface area contributed by atoms with Crippen LogP contribution in [-0.2, 0) is 5.41 Å². The molecule has 13 rings (SSSR count). The van der Waals surface area contributed by atoms with Crippen molar-refractivity contribution in [3.05, 3.63) is 236 Å². The number of hydrogen-bond donors (Lipinski definition) is 0. The monoisotopic (exact) mass is 857 g/mol. The zero-order valence-electron chi connectivity index (χ0n) is 37.1. The first-order chi connectivity index (χ1) is 33.0. The SMILES string of the molecule is CC1(C)c2ccccc2-c2c1c1c(ccc3c4cc(-c5ccccc5)ccc4n(-c4ccc(-c5cccc(-c6nc(-c7ccccc7)nc(-c7ccccc7)n6)c5)cc4)c31)n2-c1ccccc1. The Balaban J connectivity index is 1.01. The van der Waals surface area contributed by atoms with Crippen molar-refractivity contribution in [3.63, 3.8) is 0 Å². The summed E-state index contributed by atoms with van der Waals surface area (Å²) in [5, 5.41) is 3.75. The molecule has 0 amide bonds. The van der Waals surface area contributed by atoms with Crippen LogP contribution in [0.4, 0.5) is 0 Å². The Labute approximate surface area is 389 Å². The lowest BCUT2D eigenvalue weighted by Crippen LogP contribution is -2.15. The van der Waals surface area contributed by atoms with Crippen LogP contribution in [-0.4, -0.2) is 24.1 Å². The Morgan fingerprint density at radius 1 is 0.358 bits per heavy atom. The first kappa shape index (κ1) is 38.8. The fraction of sp³-hybridized carbons (Fsp3) is 0.0484. The van der Waals surface area contributed by atoms with E-state index in [1.807, 2.05) is 60.7 Å². The largest absolute Gasteiger partial charge is 0.309 e. The maximum atomic E-state index is 5.03. The van der Waals surface area contributed by atoms with Crippen LogP contribution in [0.3, 0.4) is 0 Å². The molecule has 3 heterocycles. The van der Waals surface area contributed by atoms with Crippen molar-refractivity contribution in [2.24, 2.45) is 0 Å². The van der Waals surface area contributed by atoms with Crippen LogP contribution in [0, 0.1) is 0 Å². The van der Waals surface area contributed by atoms with Crippen molar-refractivity contribution in [1.29, 1.82) is 0 Å². The smallest absolute Gasteiger partial charge is 0.164 e. The third-order valence-electron chi connectivity index (χ3n) is 13.7. The predicted octanol–water partition coefficient (Wildman–Crippen LogP) is 15.6. The molecular weight excluding hydrogens is 815 g/mol. The maximum absolute atomic E-state index is 5.03. The highest BCUT2D eigenvalue weighted by molar-refractivity contribution is 6.22. The lowest BCUT2D eigenvalue weighted by Gasteiger charge is -2.22. The minimum atomic E-state index is -0.244. The van der Waals surface area contributed by atoms with Gasteiger partial charge in [-0.1, -0.05) is 190 Å². The number of para-hydroxylation sites is 1. The fourth-order valence-corrected chi connectivity index (χ4v) is 10.6. The second-order valence-electron chi connectivity index (χ2n) is 18.0. The molecule has 0 fully saturated rings. The van der Waals surface area contributed by atoms with E-state index in [4.69, 9.17) is 15.0 Å². The van der Waals surface area contributed by atoms with E-state index in [9.17, 15) is 0 Å². The van der Waals surface area contributed by atoms with E-state index in [0.717, 1.165) is 39.2 Å². The molecule has 0 spiro atoms. The maximum Gasteiger partial charge on any atom is 0.164 e. The molecule has 12 aromatic rings. The molecule has 1 aliphatic carbocycles. The van der Waals surface area contributed by atoms with Crippen molar-refractivity contribution in [3.8, 4) is 79.0 Å². The van der Waals surface area contributed by atoms with Gasteiger partial charge in [0.2, 0.25) is 0 Å². The molecular formula is C62H43N5. The Hall–Kier alpha value is -8.67. The van der Waals surface area contributed by atoms with Crippen LogP contribution >= 0.6 is 0 Å². The lowest BCUT2D eigenvalue weighted by molar-refractivity contribution is 0.666. The number of aromatic nitrogens is 5. The highest BCUT2D eigenvalue weighted by atomic mass is 15.0. The van der Waals surface area contributed by atoms with Gasteiger partial charge in [-0.2, -0.15) is 0 Å². The van der Waals surface area contributed by atoms with E-state index in [1.54, 1.807) is 0 Å². The van der Waals surface area contributed by atoms with Gasteiger partial charge in [0.05, 0.1) is 22.2 Å². The molecule has 9 aromatic carbocycles. The van der Waals surface area contributed by atoms with E-state index >= 15 is 0 Å². The highest BCUT2D eigenvalue weighted by Gasteiger charge is 2.41. The zero-order valence-corrected chi connectivity index (χ0v) is 37.1. The normalized spacial score (nSPS) is 12.7. The van der Waals surface area contributed by atoms with E-state index in [1.165, 1.54) is 66.2 Å². The third kappa shape index (κ3) is 6.19.